The molecule has 0 rings (SSSR count). The van der Waals surface area contributed by atoms with E-state index in [1.54, 1.807) is 0 Å². The van der Waals surface area contributed by atoms with Crippen molar-refractivity contribution in [1.29, 1.82) is 0 Å². The quantitative estimate of drug-likeness (QED) is 0.552. The van der Waals surface area contributed by atoms with Gasteiger partial charge >= 0.3 is 0 Å². The largest absolute Gasteiger partial charge is 0.313 e. The fourth-order valence-corrected chi connectivity index (χ4v) is 0.597. The molecule has 74 valence electrons. The van der Waals surface area contributed by atoms with Crippen molar-refractivity contribution < 1.29 is 0 Å². The second kappa shape index (κ2) is 13.6. The molecule has 3 N–H and O–H groups in total. The minimum atomic E-state index is -0.0128. The fourth-order valence-electron chi connectivity index (χ4n) is 0.597. The van der Waals surface area contributed by atoms with E-state index in [0.717, 1.165) is 6.54 Å². The lowest BCUT2D eigenvalue weighted by atomic mass is 10.4. The van der Waals surface area contributed by atoms with Gasteiger partial charge in [0.25, 0.3) is 0 Å². The van der Waals surface area contributed by atoms with Crippen molar-refractivity contribution in [2.24, 2.45) is 5.73 Å². The Kier molecular flexibility index (Phi) is 20.2. The average Bonchev–Trinajstić information content (AvgIpc) is 1.89. The number of hydrogen-bond acceptors (Lipinski definition) is 2. The molecule has 0 bridgehead atoms. The zero-order valence-electron chi connectivity index (χ0n) is 7.49. The number of hydrogen-bond donors (Lipinski definition) is 2. The Labute approximate surface area is 87.1 Å². The van der Waals surface area contributed by atoms with E-state index >= 15 is 0 Å². The van der Waals surface area contributed by atoms with E-state index in [4.69, 9.17) is 5.73 Å². The monoisotopic (exact) mass is 212 g/mol. The second-order valence-corrected chi connectivity index (χ2v) is 2.03. The van der Waals surface area contributed by atoms with Crippen LogP contribution in [0.4, 0.5) is 0 Å². The van der Waals surface area contributed by atoms with Gasteiger partial charge < -0.3 is 5.73 Å². The molecule has 0 aliphatic carbocycles. The van der Waals surface area contributed by atoms with E-state index in [2.05, 4.69) is 5.32 Å². The van der Waals surface area contributed by atoms with Crippen molar-refractivity contribution in [3.8, 4) is 0 Å². The van der Waals surface area contributed by atoms with Gasteiger partial charge in [-0.15, -0.1) is 24.8 Å². The highest BCUT2D eigenvalue weighted by Gasteiger charge is 1.89. The molecular formula is C8H18Cl2N2. The molecule has 0 saturated carbocycles. The third-order valence-electron chi connectivity index (χ3n) is 1.11. The number of allylic oxidation sites excluding steroid dienone is 2. The average molecular weight is 213 g/mol. The summed E-state index contributed by atoms with van der Waals surface area (Å²) in [6, 6.07) is 0. The Morgan fingerprint density at radius 2 is 1.83 bits per heavy atom. The van der Waals surface area contributed by atoms with Crippen molar-refractivity contribution >= 4 is 24.8 Å². The lowest BCUT2D eigenvalue weighted by Crippen LogP contribution is -2.35. The van der Waals surface area contributed by atoms with E-state index in [1.165, 1.54) is 0 Å². The first-order valence-corrected chi connectivity index (χ1v) is 3.54. The van der Waals surface area contributed by atoms with Crippen molar-refractivity contribution in [3.63, 3.8) is 0 Å². The third-order valence-corrected chi connectivity index (χ3v) is 1.11. The maximum absolute atomic E-state index is 5.59. The molecular weight excluding hydrogens is 195 g/mol. The minimum absolute atomic E-state index is 0. The van der Waals surface area contributed by atoms with Gasteiger partial charge in [0.05, 0.1) is 6.17 Å². The molecule has 0 amide bonds. The lowest BCUT2D eigenvalue weighted by Gasteiger charge is -2.05. The molecule has 0 aliphatic rings. The first-order valence-electron chi connectivity index (χ1n) is 3.54. The fraction of sp³-hybridized carbons (Fsp3) is 0.500. The molecule has 12 heavy (non-hydrogen) atoms. The lowest BCUT2D eigenvalue weighted by molar-refractivity contribution is 0.658. The minimum Gasteiger partial charge on any atom is -0.313 e. The van der Waals surface area contributed by atoms with Gasteiger partial charge in [-0.1, -0.05) is 24.3 Å². The van der Waals surface area contributed by atoms with Crippen LogP contribution in [0.25, 0.3) is 0 Å². The van der Waals surface area contributed by atoms with Gasteiger partial charge in [0.2, 0.25) is 0 Å². The molecule has 0 aromatic rings. The topological polar surface area (TPSA) is 38.0 Å². The van der Waals surface area contributed by atoms with E-state index in [9.17, 15) is 0 Å². The van der Waals surface area contributed by atoms with Crippen molar-refractivity contribution in [3.05, 3.63) is 24.3 Å². The summed E-state index contributed by atoms with van der Waals surface area (Å²) in [6.07, 6.45) is 7.87. The summed E-state index contributed by atoms with van der Waals surface area (Å²) in [5.74, 6) is 0. The smallest absolute Gasteiger partial charge is 0.0741 e. The molecule has 1 unspecified atom stereocenters. The van der Waals surface area contributed by atoms with Crippen molar-refractivity contribution in [1.82, 2.24) is 5.32 Å². The third kappa shape index (κ3) is 12.6. The van der Waals surface area contributed by atoms with Gasteiger partial charge in [-0.2, -0.15) is 0 Å². The molecule has 2 nitrogen and oxygen atoms in total. The van der Waals surface area contributed by atoms with E-state index in [-0.39, 0.29) is 31.0 Å². The molecule has 4 heteroatoms. The summed E-state index contributed by atoms with van der Waals surface area (Å²) in [4.78, 5) is 0. The first kappa shape index (κ1) is 17.9. The number of nitrogens with two attached hydrogens (primary N) is 1. The second-order valence-electron chi connectivity index (χ2n) is 2.03. The van der Waals surface area contributed by atoms with E-state index < -0.39 is 0 Å². The summed E-state index contributed by atoms with van der Waals surface area (Å²) in [6.45, 7) is 4.78. The van der Waals surface area contributed by atoms with Crippen LogP contribution in [0.2, 0.25) is 0 Å². The molecule has 0 saturated heterocycles. The van der Waals surface area contributed by atoms with Crippen LogP contribution in [0.3, 0.4) is 0 Å². The maximum atomic E-state index is 5.59. The zero-order chi connectivity index (χ0) is 7.82. The van der Waals surface area contributed by atoms with Gasteiger partial charge in [0.15, 0.2) is 0 Å². The predicted molar refractivity (Wildman–Crippen MR) is 60.1 cm³/mol. The highest BCUT2D eigenvalue weighted by Crippen LogP contribution is 1.76. The summed E-state index contributed by atoms with van der Waals surface area (Å²) in [5.41, 5.74) is 5.59. The zero-order valence-corrected chi connectivity index (χ0v) is 9.12. The van der Waals surface area contributed by atoms with Crippen LogP contribution in [0.5, 0.6) is 0 Å². The Balaban J connectivity index is -0.000000405. The van der Waals surface area contributed by atoms with Crippen LogP contribution in [-0.4, -0.2) is 12.7 Å². The standard InChI is InChI=1S/C8H16N2.2ClH/c1-3-5-7-10-8(9)6-4-2;;/h3-6,8,10H,7,9H2,1-2H3;2*1H. The molecule has 1 atom stereocenters. The summed E-state index contributed by atoms with van der Waals surface area (Å²) >= 11 is 0. The van der Waals surface area contributed by atoms with E-state index in [0.29, 0.717) is 0 Å². The summed E-state index contributed by atoms with van der Waals surface area (Å²) in [5, 5.41) is 3.09. The van der Waals surface area contributed by atoms with Gasteiger partial charge in [0.1, 0.15) is 0 Å². The molecule has 0 aromatic heterocycles. The van der Waals surface area contributed by atoms with Crippen LogP contribution < -0.4 is 11.1 Å². The highest BCUT2D eigenvalue weighted by atomic mass is 35.5. The predicted octanol–water partition coefficient (Wildman–Crippen LogP) is 1.86. The van der Waals surface area contributed by atoms with Crippen LogP contribution in [0.1, 0.15) is 13.8 Å². The van der Waals surface area contributed by atoms with E-state index in [1.807, 2.05) is 38.2 Å². The van der Waals surface area contributed by atoms with Crippen LogP contribution in [0, 0.1) is 0 Å². The molecule has 0 spiro atoms. The van der Waals surface area contributed by atoms with Gasteiger partial charge in [-0.25, -0.2) is 0 Å². The van der Waals surface area contributed by atoms with Crippen LogP contribution in [0.15, 0.2) is 24.3 Å². The number of nitrogens with one attached hydrogen (secondary N) is 1. The highest BCUT2D eigenvalue weighted by molar-refractivity contribution is 5.85. The van der Waals surface area contributed by atoms with Crippen molar-refractivity contribution in [2.75, 3.05) is 6.54 Å². The summed E-state index contributed by atoms with van der Waals surface area (Å²) < 4.78 is 0. The normalized spacial score (nSPS) is 12.6. The van der Waals surface area contributed by atoms with Crippen LogP contribution >= 0.6 is 24.8 Å². The van der Waals surface area contributed by atoms with Gasteiger partial charge in [-0.3, -0.25) is 5.32 Å². The molecule has 0 radical (unpaired) electrons. The Morgan fingerprint density at radius 1 is 1.25 bits per heavy atom. The Hall–Kier alpha value is -0.0200. The molecule has 0 heterocycles. The van der Waals surface area contributed by atoms with Crippen molar-refractivity contribution in [2.45, 2.75) is 20.0 Å². The maximum Gasteiger partial charge on any atom is 0.0741 e. The van der Waals surface area contributed by atoms with Gasteiger partial charge in [0, 0.05) is 6.54 Å². The van der Waals surface area contributed by atoms with Gasteiger partial charge in [-0.05, 0) is 13.8 Å². The molecule has 0 aliphatic heterocycles. The van der Waals surface area contributed by atoms with Crippen LogP contribution in [-0.2, 0) is 0 Å². The number of halogens is 2. The molecule has 0 fully saturated rings. The summed E-state index contributed by atoms with van der Waals surface area (Å²) in [7, 11) is 0. The Morgan fingerprint density at radius 3 is 2.25 bits per heavy atom. The first-order chi connectivity index (χ1) is 4.81. The Bertz CT molecular complexity index is 124. The molecule has 0 aromatic carbocycles. The number of rotatable bonds is 4. The SMILES string of the molecule is CC=CCNC(N)C=CC.Cl.Cl.